The number of nitro benzene ring substituents is 1. The molecule has 0 saturated carbocycles. The molecule has 1 aromatic carbocycles. The van der Waals surface area contributed by atoms with Gasteiger partial charge >= 0.3 is 5.97 Å². The average Bonchev–Trinajstić information content (AvgIpc) is 2.42. The highest BCUT2D eigenvalue weighted by molar-refractivity contribution is 6.19. The van der Waals surface area contributed by atoms with Gasteiger partial charge in [0.2, 0.25) is 0 Å². The zero-order valence-electron chi connectivity index (χ0n) is 11.3. The number of rotatable bonds is 6. The highest BCUT2D eigenvalue weighted by atomic mass is 16.6. The zero-order chi connectivity index (χ0) is 15.1. The van der Waals surface area contributed by atoms with Crippen LogP contribution in [0.1, 0.15) is 25.8 Å². The first-order valence-corrected chi connectivity index (χ1v) is 6.10. The average molecular weight is 277 g/mol. The van der Waals surface area contributed by atoms with Crippen molar-refractivity contribution in [2.45, 2.75) is 20.3 Å². The second kappa shape index (κ2) is 7.18. The molecule has 6 heteroatoms. The summed E-state index contributed by atoms with van der Waals surface area (Å²) in [6.07, 6.45) is 2.03. The molecule has 0 aliphatic rings. The fourth-order valence-corrected chi connectivity index (χ4v) is 1.44. The van der Waals surface area contributed by atoms with Gasteiger partial charge in [-0.15, -0.1) is 0 Å². The Morgan fingerprint density at radius 1 is 1.30 bits per heavy atom. The van der Waals surface area contributed by atoms with Crippen LogP contribution in [0.3, 0.4) is 0 Å². The normalized spacial score (nSPS) is 11.0. The molecule has 0 saturated heterocycles. The Morgan fingerprint density at radius 2 is 1.90 bits per heavy atom. The number of non-ortho nitro benzene ring substituents is 1. The van der Waals surface area contributed by atoms with E-state index in [1.54, 1.807) is 0 Å². The number of carbonyl (C=O) groups is 2. The number of ether oxygens (including phenoxy) is 1. The van der Waals surface area contributed by atoms with Gasteiger partial charge in [0, 0.05) is 12.1 Å². The van der Waals surface area contributed by atoms with Gasteiger partial charge in [0.15, 0.2) is 5.78 Å². The van der Waals surface area contributed by atoms with E-state index in [2.05, 4.69) is 0 Å². The maximum absolute atomic E-state index is 11.7. The van der Waals surface area contributed by atoms with Crippen LogP contribution in [-0.2, 0) is 14.3 Å². The highest BCUT2D eigenvalue weighted by Gasteiger charge is 2.16. The highest BCUT2D eigenvalue weighted by Crippen LogP contribution is 2.15. The van der Waals surface area contributed by atoms with E-state index in [9.17, 15) is 19.7 Å². The minimum Gasteiger partial charge on any atom is -0.462 e. The predicted molar refractivity (Wildman–Crippen MR) is 73.0 cm³/mol. The van der Waals surface area contributed by atoms with Crippen LogP contribution in [-0.4, -0.2) is 23.3 Å². The van der Waals surface area contributed by atoms with Gasteiger partial charge in [-0.3, -0.25) is 14.9 Å². The lowest BCUT2D eigenvalue weighted by molar-refractivity contribution is -0.384. The molecule has 6 nitrogen and oxygen atoms in total. The van der Waals surface area contributed by atoms with Crippen LogP contribution in [0.25, 0.3) is 6.08 Å². The summed E-state index contributed by atoms with van der Waals surface area (Å²) in [5, 5.41) is 10.5. The molecule has 1 rings (SSSR count). The Hall–Kier alpha value is -2.50. The quantitative estimate of drug-likeness (QED) is 0.199. The van der Waals surface area contributed by atoms with E-state index in [4.69, 9.17) is 4.74 Å². The largest absolute Gasteiger partial charge is 0.462 e. The summed E-state index contributed by atoms with van der Waals surface area (Å²) in [5.41, 5.74) is 0.390. The molecule has 106 valence electrons. The number of Topliss-reactive ketones (excluding diaryl/α,β-unsaturated/α-hetero) is 1. The standard InChI is InChI=1S/C14H15NO5/c1-3-8-20-14(17)13(10(2)16)9-11-4-6-12(7-5-11)15(18)19/h4-7,9H,3,8H2,1-2H3. The SMILES string of the molecule is CCCOC(=O)C(=Cc1ccc([N+](=O)[O-])cc1)C(C)=O. The number of nitro groups is 1. The molecular formula is C14H15NO5. The third kappa shape index (κ3) is 4.31. The van der Waals surface area contributed by atoms with Gasteiger partial charge in [-0.1, -0.05) is 6.92 Å². The van der Waals surface area contributed by atoms with E-state index in [0.717, 1.165) is 0 Å². The summed E-state index contributed by atoms with van der Waals surface area (Å²) in [6, 6.07) is 5.55. The van der Waals surface area contributed by atoms with E-state index < -0.39 is 16.7 Å². The van der Waals surface area contributed by atoms with Crippen molar-refractivity contribution in [3.63, 3.8) is 0 Å². The minimum absolute atomic E-state index is 0.0555. The monoisotopic (exact) mass is 277 g/mol. The lowest BCUT2D eigenvalue weighted by atomic mass is 10.1. The molecule has 0 N–H and O–H groups in total. The van der Waals surface area contributed by atoms with Crippen LogP contribution in [0, 0.1) is 10.1 Å². The lowest BCUT2D eigenvalue weighted by Gasteiger charge is -2.04. The molecular weight excluding hydrogens is 262 g/mol. The molecule has 0 amide bonds. The fourth-order valence-electron chi connectivity index (χ4n) is 1.44. The first-order chi connectivity index (χ1) is 9.45. The van der Waals surface area contributed by atoms with Crippen molar-refractivity contribution in [1.29, 1.82) is 0 Å². The Labute approximate surface area is 116 Å². The maximum atomic E-state index is 11.7. The third-order valence-electron chi connectivity index (χ3n) is 2.45. The van der Waals surface area contributed by atoms with Crippen molar-refractivity contribution < 1.29 is 19.2 Å². The second-order valence-electron chi connectivity index (χ2n) is 4.10. The molecule has 1 aromatic rings. The Balaban J connectivity index is 2.99. The smallest absolute Gasteiger partial charge is 0.341 e. The van der Waals surface area contributed by atoms with Gasteiger partial charge in [-0.25, -0.2) is 4.79 Å². The molecule has 0 spiro atoms. The number of carbonyl (C=O) groups excluding carboxylic acids is 2. The summed E-state index contributed by atoms with van der Waals surface area (Å²) >= 11 is 0. The fraction of sp³-hybridized carbons (Fsp3) is 0.286. The molecule has 0 fully saturated rings. The molecule has 0 aromatic heterocycles. The number of nitrogens with zero attached hydrogens (tertiary/aromatic N) is 1. The van der Waals surface area contributed by atoms with Crippen molar-refractivity contribution in [1.82, 2.24) is 0 Å². The van der Waals surface area contributed by atoms with Crippen molar-refractivity contribution >= 4 is 23.5 Å². The molecule has 0 heterocycles. The van der Waals surface area contributed by atoms with E-state index >= 15 is 0 Å². The van der Waals surface area contributed by atoms with Crippen LogP contribution in [0.5, 0.6) is 0 Å². The van der Waals surface area contributed by atoms with Crippen LogP contribution in [0.2, 0.25) is 0 Å². The van der Waals surface area contributed by atoms with Crippen molar-refractivity contribution in [2.24, 2.45) is 0 Å². The Kier molecular flexibility index (Phi) is 5.58. The van der Waals surface area contributed by atoms with Crippen LogP contribution >= 0.6 is 0 Å². The molecule has 0 atom stereocenters. The number of hydrogen-bond donors (Lipinski definition) is 0. The number of esters is 1. The summed E-state index contributed by atoms with van der Waals surface area (Å²) in [4.78, 5) is 33.2. The van der Waals surface area contributed by atoms with E-state index in [-0.39, 0.29) is 17.9 Å². The van der Waals surface area contributed by atoms with Crippen molar-refractivity contribution in [2.75, 3.05) is 6.61 Å². The molecule has 0 aliphatic heterocycles. The summed E-state index contributed by atoms with van der Waals surface area (Å²) in [7, 11) is 0. The van der Waals surface area contributed by atoms with Crippen molar-refractivity contribution in [3.05, 3.63) is 45.5 Å². The predicted octanol–water partition coefficient (Wildman–Crippen LogP) is 2.52. The van der Waals surface area contributed by atoms with Gasteiger partial charge < -0.3 is 4.74 Å². The zero-order valence-corrected chi connectivity index (χ0v) is 11.3. The number of ketones is 1. The Morgan fingerprint density at radius 3 is 2.35 bits per heavy atom. The van der Waals surface area contributed by atoms with Crippen LogP contribution < -0.4 is 0 Å². The van der Waals surface area contributed by atoms with E-state index in [1.165, 1.54) is 37.3 Å². The van der Waals surface area contributed by atoms with Gasteiger partial charge in [0.25, 0.3) is 5.69 Å². The van der Waals surface area contributed by atoms with Gasteiger partial charge in [-0.05, 0) is 37.1 Å². The topological polar surface area (TPSA) is 86.5 Å². The molecule has 0 radical (unpaired) electrons. The summed E-state index contributed by atoms with van der Waals surface area (Å²) in [6.45, 7) is 3.36. The van der Waals surface area contributed by atoms with Crippen LogP contribution in [0.15, 0.2) is 29.8 Å². The Bertz CT molecular complexity index is 545. The first kappa shape index (κ1) is 15.6. The molecule has 0 bridgehead atoms. The number of hydrogen-bond acceptors (Lipinski definition) is 5. The molecule has 20 heavy (non-hydrogen) atoms. The van der Waals surface area contributed by atoms with E-state index in [1.807, 2.05) is 6.92 Å². The van der Waals surface area contributed by atoms with E-state index in [0.29, 0.717) is 12.0 Å². The summed E-state index contributed by atoms with van der Waals surface area (Å²) < 4.78 is 4.91. The third-order valence-corrected chi connectivity index (χ3v) is 2.45. The maximum Gasteiger partial charge on any atom is 0.341 e. The lowest BCUT2D eigenvalue weighted by Crippen LogP contribution is -2.14. The molecule has 0 unspecified atom stereocenters. The van der Waals surface area contributed by atoms with Gasteiger partial charge in [0.1, 0.15) is 5.57 Å². The van der Waals surface area contributed by atoms with Crippen molar-refractivity contribution in [3.8, 4) is 0 Å². The number of benzene rings is 1. The van der Waals surface area contributed by atoms with Crippen LogP contribution in [0.4, 0.5) is 5.69 Å². The first-order valence-electron chi connectivity index (χ1n) is 6.10. The molecule has 0 aliphatic carbocycles. The van der Waals surface area contributed by atoms with Gasteiger partial charge in [-0.2, -0.15) is 0 Å². The summed E-state index contributed by atoms with van der Waals surface area (Å²) in [5.74, 6) is -1.10. The minimum atomic E-state index is -0.683. The van der Waals surface area contributed by atoms with Gasteiger partial charge in [0.05, 0.1) is 11.5 Å². The second-order valence-corrected chi connectivity index (χ2v) is 4.10.